The summed E-state index contributed by atoms with van der Waals surface area (Å²) in [6.45, 7) is 4.63. The number of rotatable bonds is 9. The van der Waals surface area contributed by atoms with Crippen LogP contribution in [0.15, 0.2) is 103 Å². The van der Waals surface area contributed by atoms with Gasteiger partial charge < -0.3 is 24.6 Å². The molecule has 7 heteroatoms. The van der Waals surface area contributed by atoms with Gasteiger partial charge in [0.2, 0.25) is 0 Å². The molecule has 4 aromatic carbocycles. The van der Waals surface area contributed by atoms with Crippen molar-refractivity contribution in [2.24, 2.45) is 0 Å². The maximum Gasteiger partial charge on any atom is 0.251 e. The maximum absolute atomic E-state index is 12.5. The third-order valence-electron chi connectivity index (χ3n) is 8.11. The van der Waals surface area contributed by atoms with Gasteiger partial charge in [0.25, 0.3) is 5.91 Å². The molecule has 222 valence electrons. The van der Waals surface area contributed by atoms with Gasteiger partial charge in [-0.15, -0.1) is 0 Å². The van der Waals surface area contributed by atoms with Crippen molar-refractivity contribution in [2.45, 2.75) is 38.1 Å². The average molecular weight is 579 g/mol. The Bertz CT molecular complexity index is 1470. The number of morpholine rings is 1. The molecule has 6 rings (SSSR count). The molecule has 0 bridgehead atoms. The van der Waals surface area contributed by atoms with Crippen LogP contribution >= 0.6 is 0 Å². The lowest BCUT2D eigenvalue weighted by Crippen LogP contribution is -2.44. The lowest BCUT2D eigenvalue weighted by atomic mass is 9.99. The second kappa shape index (κ2) is 14.1. The summed E-state index contributed by atoms with van der Waals surface area (Å²) in [5.74, 6) is -0.0857. The van der Waals surface area contributed by atoms with Crippen molar-refractivity contribution in [1.29, 1.82) is 0 Å². The molecule has 0 radical (unpaired) electrons. The van der Waals surface area contributed by atoms with Crippen molar-refractivity contribution >= 4 is 5.91 Å². The molecule has 0 aliphatic carbocycles. The van der Waals surface area contributed by atoms with Gasteiger partial charge in [0, 0.05) is 43.7 Å². The number of aliphatic hydroxyl groups is 1. The quantitative estimate of drug-likeness (QED) is 0.267. The first-order valence-electron chi connectivity index (χ1n) is 15.0. The van der Waals surface area contributed by atoms with Crippen LogP contribution in [0.25, 0.3) is 11.1 Å². The summed E-state index contributed by atoms with van der Waals surface area (Å²) in [6.07, 6.45) is 0.176. The molecule has 1 amide bonds. The molecule has 0 spiro atoms. The molecular formula is C36H38N2O5. The van der Waals surface area contributed by atoms with E-state index in [-0.39, 0.29) is 24.7 Å². The molecule has 2 heterocycles. The zero-order valence-electron chi connectivity index (χ0n) is 24.2. The number of aliphatic hydroxyl groups excluding tert-OH is 1. The summed E-state index contributed by atoms with van der Waals surface area (Å²) in [6, 6.07) is 33.8. The highest BCUT2D eigenvalue weighted by Gasteiger charge is 2.33. The van der Waals surface area contributed by atoms with Crippen molar-refractivity contribution in [1.82, 2.24) is 10.2 Å². The van der Waals surface area contributed by atoms with Gasteiger partial charge in [-0.05, 0) is 46.0 Å². The van der Waals surface area contributed by atoms with Gasteiger partial charge in [-0.3, -0.25) is 9.69 Å². The van der Waals surface area contributed by atoms with Crippen LogP contribution in [0.4, 0.5) is 0 Å². The fraction of sp³-hybridized carbons (Fsp3) is 0.306. The predicted molar refractivity (Wildman–Crippen MR) is 165 cm³/mol. The molecule has 0 saturated carbocycles. The minimum atomic E-state index is -0.490. The zero-order valence-corrected chi connectivity index (χ0v) is 24.2. The van der Waals surface area contributed by atoms with E-state index in [0.29, 0.717) is 12.1 Å². The lowest BCUT2D eigenvalue weighted by molar-refractivity contribution is -0.253. The van der Waals surface area contributed by atoms with Gasteiger partial charge in [0.1, 0.15) is 0 Å². The van der Waals surface area contributed by atoms with Crippen LogP contribution in [0.5, 0.6) is 0 Å². The zero-order chi connectivity index (χ0) is 29.4. The summed E-state index contributed by atoms with van der Waals surface area (Å²) in [5.41, 5.74) is 6.79. The van der Waals surface area contributed by atoms with Gasteiger partial charge in [0.05, 0.1) is 32.0 Å². The summed E-state index contributed by atoms with van der Waals surface area (Å²) >= 11 is 0. The van der Waals surface area contributed by atoms with Gasteiger partial charge >= 0.3 is 0 Å². The van der Waals surface area contributed by atoms with Gasteiger partial charge in [0.15, 0.2) is 6.29 Å². The molecule has 43 heavy (non-hydrogen) atoms. The third kappa shape index (κ3) is 7.57. The summed E-state index contributed by atoms with van der Waals surface area (Å²) < 4.78 is 18.6. The number of nitrogens with one attached hydrogen (secondary N) is 1. The van der Waals surface area contributed by atoms with E-state index < -0.39 is 6.29 Å². The van der Waals surface area contributed by atoms with E-state index in [1.54, 1.807) is 0 Å². The monoisotopic (exact) mass is 578 g/mol. The van der Waals surface area contributed by atoms with Gasteiger partial charge in [-0.25, -0.2) is 0 Å². The first kappa shape index (κ1) is 29.2. The van der Waals surface area contributed by atoms with E-state index >= 15 is 0 Å². The first-order valence-corrected chi connectivity index (χ1v) is 15.0. The number of carbonyl (C=O) groups excluding carboxylic acids is 1. The van der Waals surface area contributed by atoms with Crippen LogP contribution in [-0.2, 0) is 27.4 Å². The third-order valence-corrected chi connectivity index (χ3v) is 8.11. The second-order valence-corrected chi connectivity index (χ2v) is 11.1. The summed E-state index contributed by atoms with van der Waals surface area (Å²) in [7, 11) is 0. The van der Waals surface area contributed by atoms with Crippen molar-refractivity contribution < 1.29 is 24.1 Å². The number of hydrogen-bond donors (Lipinski definition) is 2. The second-order valence-electron chi connectivity index (χ2n) is 11.1. The number of carbonyl (C=O) groups is 1. The van der Waals surface area contributed by atoms with Crippen molar-refractivity contribution in [3.63, 3.8) is 0 Å². The molecule has 0 aromatic heterocycles. The number of amides is 1. The van der Waals surface area contributed by atoms with Crippen LogP contribution in [0.2, 0.25) is 0 Å². The minimum absolute atomic E-state index is 0.0156. The Labute approximate surface area is 253 Å². The molecule has 4 aromatic rings. The van der Waals surface area contributed by atoms with Crippen LogP contribution in [0.3, 0.4) is 0 Å². The standard InChI is InChI=1S/C36H38N2O5/c39-25-26-9-11-29(12-10-26)34-22-33(24-38-17-19-41-20-18-38)42-36(43-34)31-15-13-28(14-16-31)32-8-4-5-27(21-32)23-37-35(40)30-6-2-1-3-7-30/h1-16,21,33-34,36,39H,17-20,22-25H2,(H,37,40)/t33-,34+,36+/m0/s1. The SMILES string of the molecule is O=C(NCc1cccc(-c2ccc([C@@H]3O[C@H](CN4CCOCC4)C[C@H](c4ccc(CO)cc4)O3)cc2)c1)c1ccccc1. The van der Waals surface area contributed by atoms with Crippen molar-refractivity contribution in [3.05, 3.63) is 131 Å². The van der Waals surface area contributed by atoms with E-state index in [4.69, 9.17) is 14.2 Å². The fourth-order valence-electron chi connectivity index (χ4n) is 5.67. The minimum Gasteiger partial charge on any atom is -0.392 e. The highest BCUT2D eigenvalue weighted by molar-refractivity contribution is 5.94. The molecule has 7 nitrogen and oxygen atoms in total. The van der Waals surface area contributed by atoms with Crippen LogP contribution < -0.4 is 5.32 Å². The fourth-order valence-corrected chi connectivity index (χ4v) is 5.67. The number of ether oxygens (including phenoxy) is 3. The average Bonchev–Trinajstić information content (AvgIpc) is 3.08. The number of hydrogen-bond acceptors (Lipinski definition) is 6. The van der Waals surface area contributed by atoms with Gasteiger partial charge in [-0.1, -0.05) is 84.9 Å². The van der Waals surface area contributed by atoms with E-state index in [1.165, 1.54) is 0 Å². The number of benzene rings is 4. The lowest BCUT2D eigenvalue weighted by Gasteiger charge is -2.39. The summed E-state index contributed by atoms with van der Waals surface area (Å²) in [4.78, 5) is 14.9. The highest BCUT2D eigenvalue weighted by atomic mass is 16.7. The maximum atomic E-state index is 12.5. The Balaban J connectivity index is 1.15. The molecule has 2 fully saturated rings. The molecule has 0 unspecified atom stereocenters. The molecule has 2 N–H and O–H groups in total. The van der Waals surface area contributed by atoms with Crippen LogP contribution in [-0.4, -0.2) is 54.9 Å². The molecule has 2 aliphatic heterocycles. The number of nitrogens with zero attached hydrogens (tertiary/aromatic N) is 1. The first-order chi connectivity index (χ1) is 21.1. The van der Waals surface area contributed by atoms with E-state index in [2.05, 4.69) is 46.6 Å². The van der Waals surface area contributed by atoms with Crippen molar-refractivity contribution in [3.8, 4) is 11.1 Å². The van der Waals surface area contributed by atoms with Crippen molar-refractivity contribution in [2.75, 3.05) is 32.8 Å². The molecular weight excluding hydrogens is 540 g/mol. The molecule has 2 aliphatic rings. The van der Waals surface area contributed by atoms with Crippen LogP contribution in [0, 0.1) is 0 Å². The smallest absolute Gasteiger partial charge is 0.251 e. The Hall–Kier alpha value is -3.85. The Morgan fingerprint density at radius 3 is 2.28 bits per heavy atom. The van der Waals surface area contributed by atoms with E-state index in [1.807, 2.05) is 66.7 Å². The van der Waals surface area contributed by atoms with E-state index in [9.17, 15) is 9.90 Å². The van der Waals surface area contributed by atoms with E-state index in [0.717, 1.165) is 72.6 Å². The predicted octanol–water partition coefficient (Wildman–Crippen LogP) is 5.65. The van der Waals surface area contributed by atoms with Crippen LogP contribution in [0.1, 0.15) is 51.4 Å². The van der Waals surface area contributed by atoms with Gasteiger partial charge in [-0.2, -0.15) is 0 Å². The largest absolute Gasteiger partial charge is 0.392 e. The Kier molecular flexibility index (Phi) is 9.57. The normalized spacial score (nSPS) is 20.9. The Morgan fingerprint density at radius 2 is 1.53 bits per heavy atom. The molecule has 3 atom stereocenters. The highest BCUT2D eigenvalue weighted by Crippen LogP contribution is 2.38. The summed E-state index contributed by atoms with van der Waals surface area (Å²) in [5, 5.41) is 12.5. The Morgan fingerprint density at radius 1 is 0.791 bits per heavy atom. The molecule has 2 saturated heterocycles. The topological polar surface area (TPSA) is 80.3 Å².